The summed E-state index contributed by atoms with van der Waals surface area (Å²) in [5, 5.41) is 7.05. The highest BCUT2D eigenvalue weighted by Crippen LogP contribution is 1.93. The summed E-state index contributed by atoms with van der Waals surface area (Å²) in [5.74, 6) is 0.489. The van der Waals surface area contributed by atoms with Crippen LogP contribution in [0.1, 0.15) is 6.42 Å². The zero-order valence-electron chi connectivity index (χ0n) is 4.89. The fourth-order valence-electron chi connectivity index (χ4n) is 0.573. The van der Waals surface area contributed by atoms with Crippen LogP contribution in [-0.4, -0.2) is 30.7 Å². The van der Waals surface area contributed by atoms with Crippen LogP contribution in [0.3, 0.4) is 0 Å². The molecule has 3 heteroatoms. The maximum absolute atomic E-state index is 7.05. The molecule has 0 aromatic carbocycles. The van der Waals surface area contributed by atoms with Gasteiger partial charge >= 0.3 is 0 Å². The fourth-order valence-corrected chi connectivity index (χ4v) is 0.573. The highest BCUT2D eigenvalue weighted by molar-refractivity contribution is 5.88. The molecule has 1 heterocycles. The summed E-state index contributed by atoms with van der Waals surface area (Å²) in [5.41, 5.74) is 0. The van der Waals surface area contributed by atoms with Crippen LogP contribution in [0.15, 0.2) is 4.99 Å². The van der Waals surface area contributed by atoms with Crippen LogP contribution in [-0.2, 0) is 0 Å². The molecule has 0 fully saturated rings. The van der Waals surface area contributed by atoms with Gasteiger partial charge in [-0.3, -0.25) is 5.41 Å². The van der Waals surface area contributed by atoms with E-state index in [0.29, 0.717) is 5.84 Å². The van der Waals surface area contributed by atoms with Crippen molar-refractivity contribution in [2.45, 2.75) is 6.42 Å². The summed E-state index contributed by atoms with van der Waals surface area (Å²) in [6.07, 6.45) is 2.47. The molecule has 1 aliphatic heterocycles. The predicted molar refractivity (Wildman–Crippen MR) is 33.5 cm³/mol. The topological polar surface area (TPSA) is 39.5 Å². The van der Waals surface area contributed by atoms with Crippen molar-refractivity contribution in [2.75, 3.05) is 13.6 Å². The van der Waals surface area contributed by atoms with Crippen LogP contribution in [0, 0.1) is 5.41 Å². The highest BCUT2D eigenvalue weighted by Gasteiger charge is 2.01. The first-order valence-electron chi connectivity index (χ1n) is 2.61. The minimum atomic E-state index is 0.489. The Kier molecular flexibility index (Phi) is 1.28. The van der Waals surface area contributed by atoms with Gasteiger partial charge in [0.1, 0.15) is 5.84 Å². The molecule has 0 saturated heterocycles. The number of hydrogen-bond acceptors (Lipinski definition) is 2. The molecule has 8 heavy (non-hydrogen) atoms. The molecule has 0 aromatic rings. The summed E-state index contributed by atoms with van der Waals surface area (Å²) in [4.78, 5) is 5.77. The Bertz CT molecular complexity index is 128. The van der Waals surface area contributed by atoms with E-state index in [0.717, 1.165) is 13.0 Å². The Morgan fingerprint density at radius 2 is 2.62 bits per heavy atom. The maximum atomic E-state index is 7.05. The van der Waals surface area contributed by atoms with E-state index in [2.05, 4.69) is 4.99 Å². The monoisotopic (exact) mass is 111 g/mol. The standard InChI is InChI=1S/C5H9N3/c1-8-3-2-5(6)7-4-8/h4,6H,2-3H2,1H3. The molecule has 0 radical (unpaired) electrons. The molecule has 0 saturated carbocycles. The summed E-state index contributed by atoms with van der Waals surface area (Å²) >= 11 is 0. The molecule has 0 spiro atoms. The minimum absolute atomic E-state index is 0.489. The first-order valence-corrected chi connectivity index (χ1v) is 2.61. The molecular weight excluding hydrogens is 102 g/mol. The van der Waals surface area contributed by atoms with Gasteiger partial charge in [0.05, 0.1) is 6.34 Å². The van der Waals surface area contributed by atoms with Crippen LogP contribution in [0.2, 0.25) is 0 Å². The van der Waals surface area contributed by atoms with Crippen molar-refractivity contribution in [3.63, 3.8) is 0 Å². The first kappa shape index (κ1) is 5.28. The second-order valence-electron chi connectivity index (χ2n) is 1.92. The molecular formula is C5H9N3. The van der Waals surface area contributed by atoms with Gasteiger partial charge in [0.2, 0.25) is 0 Å². The van der Waals surface area contributed by atoms with Gasteiger partial charge in [0.15, 0.2) is 0 Å². The average molecular weight is 111 g/mol. The lowest BCUT2D eigenvalue weighted by molar-refractivity contribution is 0.524. The molecule has 44 valence electrons. The van der Waals surface area contributed by atoms with Crippen LogP contribution in [0.4, 0.5) is 0 Å². The van der Waals surface area contributed by atoms with Crippen molar-refractivity contribution >= 4 is 12.2 Å². The normalized spacial score (nSPS) is 19.6. The van der Waals surface area contributed by atoms with Crippen LogP contribution >= 0.6 is 0 Å². The molecule has 1 rings (SSSR count). The summed E-state index contributed by atoms with van der Waals surface area (Å²) < 4.78 is 0. The fraction of sp³-hybridized carbons (Fsp3) is 0.600. The first-order chi connectivity index (χ1) is 3.79. The van der Waals surface area contributed by atoms with E-state index in [9.17, 15) is 0 Å². The smallest absolute Gasteiger partial charge is 0.123 e. The Morgan fingerprint density at radius 1 is 1.88 bits per heavy atom. The van der Waals surface area contributed by atoms with E-state index >= 15 is 0 Å². The van der Waals surface area contributed by atoms with Gasteiger partial charge in [-0.2, -0.15) is 0 Å². The second-order valence-corrected chi connectivity index (χ2v) is 1.92. The third kappa shape index (κ3) is 1.05. The van der Waals surface area contributed by atoms with Crippen molar-refractivity contribution < 1.29 is 0 Å². The van der Waals surface area contributed by atoms with Crippen LogP contribution in [0.25, 0.3) is 0 Å². The molecule has 0 bridgehead atoms. The van der Waals surface area contributed by atoms with Gasteiger partial charge < -0.3 is 4.90 Å². The quantitative estimate of drug-likeness (QED) is 0.480. The predicted octanol–water partition coefficient (Wildman–Crippen LogP) is 0.327. The number of nitrogens with one attached hydrogen (secondary N) is 1. The molecule has 0 amide bonds. The van der Waals surface area contributed by atoms with Gasteiger partial charge in [0, 0.05) is 20.0 Å². The van der Waals surface area contributed by atoms with Gasteiger partial charge in [-0.1, -0.05) is 0 Å². The zero-order valence-corrected chi connectivity index (χ0v) is 4.89. The Morgan fingerprint density at radius 3 is 3.00 bits per heavy atom. The van der Waals surface area contributed by atoms with Crippen molar-refractivity contribution in [3.8, 4) is 0 Å². The molecule has 0 unspecified atom stereocenters. The van der Waals surface area contributed by atoms with Gasteiger partial charge in [0.25, 0.3) is 0 Å². The number of aliphatic imine (C=N–C) groups is 1. The van der Waals surface area contributed by atoms with E-state index in [1.807, 2.05) is 11.9 Å². The Labute approximate surface area is 48.5 Å². The lowest BCUT2D eigenvalue weighted by Crippen LogP contribution is -2.24. The van der Waals surface area contributed by atoms with Crippen LogP contribution < -0.4 is 0 Å². The number of hydrogen-bond donors (Lipinski definition) is 1. The summed E-state index contributed by atoms with van der Waals surface area (Å²) in [6, 6.07) is 0. The van der Waals surface area contributed by atoms with E-state index in [1.165, 1.54) is 0 Å². The van der Waals surface area contributed by atoms with E-state index < -0.39 is 0 Å². The van der Waals surface area contributed by atoms with Gasteiger partial charge in [-0.15, -0.1) is 0 Å². The van der Waals surface area contributed by atoms with Crippen LogP contribution in [0.5, 0.6) is 0 Å². The van der Waals surface area contributed by atoms with E-state index in [-0.39, 0.29) is 0 Å². The third-order valence-electron chi connectivity index (χ3n) is 1.11. The highest BCUT2D eigenvalue weighted by atomic mass is 15.1. The molecule has 0 aliphatic carbocycles. The lowest BCUT2D eigenvalue weighted by atomic mass is 10.3. The number of amidine groups is 1. The zero-order chi connectivity index (χ0) is 5.98. The van der Waals surface area contributed by atoms with E-state index in [1.54, 1.807) is 6.34 Å². The Hall–Kier alpha value is -0.860. The van der Waals surface area contributed by atoms with Crippen molar-refractivity contribution in [2.24, 2.45) is 4.99 Å². The molecule has 1 aliphatic rings. The Balaban J connectivity index is 2.55. The molecule has 0 aromatic heterocycles. The number of nitrogens with zero attached hydrogens (tertiary/aromatic N) is 2. The second kappa shape index (κ2) is 1.94. The summed E-state index contributed by atoms with van der Waals surface area (Å²) in [7, 11) is 1.95. The third-order valence-corrected chi connectivity index (χ3v) is 1.11. The molecule has 3 nitrogen and oxygen atoms in total. The van der Waals surface area contributed by atoms with Crippen molar-refractivity contribution in [1.29, 1.82) is 5.41 Å². The SMILES string of the molecule is CN1C=NC(=N)CC1. The molecule has 0 atom stereocenters. The molecule has 1 N–H and O–H groups in total. The number of rotatable bonds is 0. The van der Waals surface area contributed by atoms with E-state index in [4.69, 9.17) is 5.41 Å². The van der Waals surface area contributed by atoms with Gasteiger partial charge in [-0.25, -0.2) is 4.99 Å². The maximum Gasteiger partial charge on any atom is 0.123 e. The van der Waals surface area contributed by atoms with Gasteiger partial charge in [-0.05, 0) is 0 Å². The average Bonchev–Trinajstić information content (AvgIpc) is 1.77. The summed E-state index contributed by atoms with van der Waals surface area (Å²) in [6.45, 7) is 0.933. The van der Waals surface area contributed by atoms with Crippen molar-refractivity contribution in [3.05, 3.63) is 0 Å². The lowest BCUT2D eigenvalue weighted by Gasteiger charge is -2.15. The van der Waals surface area contributed by atoms with Crippen molar-refractivity contribution in [1.82, 2.24) is 4.90 Å². The minimum Gasteiger partial charge on any atom is -0.365 e. The largest absolute Gasteiger partial charge is 0.365 e.